The third kappa shape index (κ3) is 4.13. The standard InChI is InChI=1S/C14H16O5/c1-3-19-13(16)6-4-5-11-7-10(9-15)8-12(18-2)14(11)17/h4-5,7-9,17H,3,6H2,1-2H3. The zero-order chi connectivity index (χ0) is 14.3. The highest BCUT2D eigenvalue weighted by Crippen LogP contribution is 2.31. The van der Waals surface area contributed by atoms with Gasteiger partial charge < -0.3 is 14.6 Å². The Hall–Kier alpha value is -2.30. The number of carbonyl (C=O) groups is 2. The van der Waals surface area contributed by atoms with Crippen LogP contribution in [0.5, 0.6) is 11.5 Å². The smallest absolute Gasteiger partial charge is 0.309 e. The Morgan fingerprint density at radius 2 is 2.16 bits per heavy atom. The molecule has 1 N–H and O–H groups in total. The monoisotopic (exact) mass is 264 g/mol. The number of esters is 1. The summed E-state index contributed by atoms with van der Waals surface area (Å²) in [6.45, 7) is 2.05. The minimum Gasteiger partial charge on any atom is -0.504 e. The summed E-state index contributed by atoms with van der Waals surface area (Å²) in [5, 5.41) is 9.87. The van der Waals surface area contributed by atoms with Gasteiger partial charge in [0.25, 0.3) is 0 Å². The first-order chi connectivity index (χ1) is 9.12. The molecule has 19 heavy (non-hydrogen) atoms. The van der Waals surface area contributed by atoms with Crippen LogP contribution in [0.1, 0.15) is 29.3 Å². The highest BCUT2D eigenvalue weighted by Gasteiger charge is 2.08. The van der Waals surface area contributed by atoms with Crippen LogP contribution in [0.3, 0.4) is 0 Å². The van der Waals surface area contributed by atoms with Crippen LogP contribution in [0, 0.1) is 0 Å². The van der Waals surface area contributed by atoms with Gasteiger partial charge in [-0.2, -0.15) is 0 Å². The number of hydrogen-bond donors (Lipinski definition) is 1. The molecule has 0 radical (unpaired) electrons. The summed E-state index contributed by atoms with van der Waals surface area (Å²) in [7, 11) is 1.40. The van der Waals surface area contributed by atoms with Crippen molar-refractivity contribution >= 4 is 18.3 Å². The Morgan fingerprint density at radius 3 is 2.74 bits per heavy atom. The fourth-order valence-electron chi connectivity index (χ4n) is 1.50. The fourth-order valence-corrected chi connectivity index (χ4v) is 1.50. The van der Waals surface area contributed by atoms with E-state index >= 15 is 0 Å². The van der Waals surface area contributed by atoms with Gasteiger partial charge in [-0.25, -0.2) is 0 Å². The molecule has 0 spiro atoms. The van der Waals surface area contributed by atoms with Crippen molar-refractivity contribution in [2.45, 2.75) is 13.3 Å². The van der Waals surface area contributed by atoms with E-state index in [0.717, 1.165) is 0 Å². The van der Waals surface area contributed by atoms with Gasteiger partial charge in [0.15, 0.2) is 11.5 Å². The Kier molecular flexibility index (Phi) is 5.60. The maximum atomic E-state index is 11.1. The number of benzene rings is 1. The van der Waals surface area contributed by atoms with E-state index in [0.29, 0.717) is 24.0 Å². The lowest BCUT2D eigenvalue weighted by Crippen LogP contribution is -2.01. The van der Waals surface area contributed by atoms with Crippen LogP contribution in [0.2, 0.25) is 0 Å². The van der Waals surface area contributed by atoms with E-state index in [1.165, 1.54) is 19.2 Å². The Morgan fingerprint density at radius 1 is 1.42 bits per heavy atom. The summed E-state index contributed by atoms with van der Waals surface area (Å²) in [4.78, 5) is 21.9. The van der Waals surface area contributed by atoms with Gasteiger partial charge >= 0.3 is 5.97 Å². The number of phenols is 1. The lowest BCUT2D eigenvalue weighted by molar-refractivity contribution is -0.142. The van der Waals surface area contributed by atoms with Crippen molar-refractivity contribution < 1.29 is 24.2 Å². The molecule has 0 unspecified atom stereocenters. The molecule has 1 aromatic rings. The summed E-state index contributed by atoms with van der Waals surface area (Å²) in [5.41, 5.74) is 0.788. The van der Waals surface area contributed by atoms with E-state index in [-0.39, 0.29) is 23.9 Å². The van der Waals surface area contributed by atoms with E-state index in [1.807, 2.05) is 0 Å². The molecule has 0 atom stereocenters. The third-order valence-electron chi connectivity index (χ3n) is 2.37. The van der Waals surface area contributed by atoms with Gasteiger partial charge in [0.05, 0.1) is 20.1 Å². The highest BCUT2D eigenvalue weighted by molar-refractivity contribution is 5.80. The minimum atomic E-state index is -0.350. The minimum absolute atomic E-state index is 0.0757. The SMILES string of the molecule is CCOC(=O)CC=Cc1cc(C=O)cc(OC)c1O. The van der Waals surface area contributed by atoms with Crippen molar-refractivity contribution in [3.8, 4) is 11.5 Å². The van der Waals surface area contributed by atoms with Crippen LogP contribution < -0.4 is 4.74 Å². The van der Waals surface area contributed by atoms with Crippen molar-refractivity contribution in [1.29, 1.82) is 0 Å². The second-order valence-electron chi connectivity index (χ2n) is 3.69. The average molecular weight is 264 g/mol. The van der Waals surface area contributed by atoms with Crippen molar-refractivity contribution in [3.63, 3.8) is 0 Å². The molecule has 0 aromatic heterocycles. The number of hydrogen-bond acceptors (Lipinski definition) is 5. The van der Waals surface area contributed by atoms with E-state index in [1.54, 1.807) is 19.1 Å². The lowest BCUT2D eigenvalue weighted by atomic mass is 10.1. The van der Waals surface area contributed by atoms with Crippen molar-refractivity contribution in [3.05, 3.63) is 29.3 Å². The van der Waals surface area contributed by atoms with Gasteiger partial charge in [-0.3, -0.25) is 9.59 Å². The van der Waals surface area contributed by atoms with Gasteiger partial charge in [-0.15, -0.1) is 0 Å². The van der Waals surface area contributed by atoms with Crippen molar-refractivity contribution in [2.75, 3.05) is 13.7 Å². The van der Waals surface area contributed by atoms with Crippen molar-refractivity contribution in [1.82, 2.24) is 0 Å². The predicted octanol–water partition coefficient (Wildman–Crippen LogP) is 2.18. The molecule has 0 aliphatic rings. The number of methoxy groups -OCH3 is 1. The molecule has 0 bridgehead atoms. The van der Waals surface area contributed by atoms with Crippen LogP contribution in [-0.4, -0.2) is 31.1 Å². The van der Waals surface area contributed by atoms with Crippen LogP contribution in [-0.2, 0) is 9.53 Å². The molecule has 1 rings (SSSR count). The fraction of sp³-hybridized carbons (Fsp3) is 0.286. The van der Waals surface area contributed by atoms with Gasteiger partial charge in [0, 0.05) is 11.1 Å². The van der Waals surface area contributed by atoms with Gasteiger partial charge in [0.2, 0.25) is 0 Å². The molecule has 102 valence electrons. The molecule has 0 amide bonds. The van der Waals surface area contributed by atoms with E-state index in [4.69, 9.17) is 9.47 Å². The maximum absolute atomic E-state index is 11.1. The Balaban J connectivity index is 2.90. The van der Waals surface area contributed by atoms with E-state index in [9.17, 15) is 14.7 Å². The number of ether oxygens (including phenoxy) is 2. The molecule has 1 aromatic carbocycles. The molecule has 0 aliphatic heterocycles. The molecule has 0 heterocycles. The van der Waals surface area contributed by atoms with Crippen LogP contribution in [0.15, 0.2) is 18.2 Å². The summed E-state index contributed by atoms with van der Waals surface area (Å²) in [5.74, 6) is -0.217. The Labute approximate surface area is 111 Å². The predicted molar refractivity (Wildman–Crippen MR) is 70.3 cm³/mol. The molecule has 5 nitrogen and oxygen atoms in total. The number of carbonyl (C=O) groups excluding carboxylic acids is 2. The summed E-state index contributed by atoms with van der Waals surface area (Å²) in [6, 6.07) is 2.94. The molecule has 0 fully saturated rings. The maximum Gasteiger partial charge on any atom is 0.309 e. The molecule has 0 saturated heterocycles. The zero-order valence-corrected chi connectivity index (χ0v) is 10.9. The summed E-state index contributed by atoms with van der Waals surface area (Å²) in [6.07, 6.45) is 3.86. The largest absolute Gasteiger partial charge is 0.504 e. The van der Waals surface area contributed by atoms with Crippen LogP contribution >= 0.6 is 0 Å². The summed E-state index contributed by atoms with van der Waals surface area (Å²) < 4.78 is 9.73. The summed E-state index contributed by atoms with van der Waals surface area (Å²) >= 11 is 0. The molecule has 0 aliphatic carbocycles. The number of phenolic OH excluding ortho intramolecular Hbond substituents is 1. The first-order valence-electron chi connectivity index (χ1n) is 5.80. The molecule has 0 saturated carbocycles. The average Bonchev–Trinajstić information content (AvgIpc) is 2.41. The Bertz CT molecular complexity index is 491. The molecule has 5 heteroatoms. The first-order valence-corrected chi connectivity index (χ1v) is 5.80. The topological polar surface area (TPSA) is 72.8 Å². The normalized spacial score (nSPS) is 10.4. The van der Waals surface area contributed by atoms with Crippen LogP contribution in [0.25, 0.3) is 6.08 Å². The molecular weight excluding hydrogens is 248 g/mol. The number of aromatic hydroxyl groups is 1. The first kappa shape index (κ1) is 14.8. The highest BCUT2D eigenvalue weighted by atomic mass is 16.5. The van der Waals surface area contributed by atoms with Crippen LogP contribution in [0.4, 0.5) is 0 Å². The second-order valence-corrected chi connectivity index (χ2v) is 3.69. The zero-order valence-electron chi connectivity index (χ0n) is 10.9. The van der Waals surface area contributed by atoms with Gasteiger partial charge in [-0.1, -0.05) is 12.2 Å². The van der Waals surface area contributed by atoms with Gasteiger partial charge in [-0.05, 0) is 19.1 Å². The van der Waals surface area contributed by atoms with Crippen molar-refractivity contribution in [2.24, 2.45) is 0 Å². The number of rotatable bonds is 6. The third-order valence-corrected chi connectivity index (χ3v) is 2.37. The molecular formula is C14H16O5. The van der Waals surface area contributed by atoms with E-state index < -0.39 is 0 Å². The second kappa shape index (κ2) is 7.20. The lowest BCUT2D eigenvalue weighted by Gasteiger charge is -2.07. The quantitative estimate of drug-likeness (QED) is 0.629. The van der Waals surface area contributed by atoms with Gasteiger partial charge in [0.1, 0.15) is 6.29 Å². The number of aldehydes is 1. The van der Waals surface area contributed by atoms with E-state index in [2.05, 4.69) is 0 Å².